The van der Waals surface area contributed by atoms with Crippen LogP contribution in [0.25, 0.3) is 11.3 Å². The number of carbonyl (C=O) groups is 1. The minimum Gasteiger partial charge on any atom is -0.351 e. The van der Waals surface area contributed by atoms with E-state index in [9.17, 15) is 9.59 Å². The number of likely N-dealkylation sites (N-methyl/N-ethyl adjacent to an activating group) is 1. The fraction of sp³-hybridized carbons (Fsp3) is 0.250. The first kappa shape index (κ1) is 15.0. The summed E-state index contributed by atoms with van der Waals surface area (Å²) in [5.41, 5.74) is 1.37. The van der Waals surface area contributed by atoms with Crippen molar-refractivity contribution in [2.24, 2.45) is 0 Å². The lowest BCUT2D eigenvalue weighted by Crippen LogP contribution is -2.34. The largest absolute Gasteiger partial charge is 0.351 e. The maximum Gasteiger partial charge on any atom is 0.261 e. The number of amides is 1. The molecule has 0 aliphatic rings. The lowest BCUT2D eigenvalue weighted by Gasteiger charge is -2.10. The van der Waals surface area contributed by atoms with Crippen LogP contribution in [0, 0.1) is 0 Å². The van der Waals surface area contributed by atoms with Gasteiger partial charge in [-0.15, -0.1) is 0 Å². The molecule has 2 rings (SSSR count). The fourth-order valence-electron chi connectivity index (χ4n) is 1.93. The van der Waals surface area contributed by atoms with Crippen molar-refractivity contribution in [3.05, 3.63) is 58.4 Å². The zero-order valence-corrected chi connectivity index (χ0v) is 12.2. The van der Waals surface area contributed by atoms with E-state index in [1.54, 1.807) is 12.1 Å². The van der Waals surface area contributed by atoms with E-state index in [2.05, 4.69) is 10.3 Å². The molecule has 0 radical (unpaired) electrons. The number of nitrogens with one attached hydrogen (secondary N) is 2. The molecule has 0 saturated heterocycles. The molecule has 0 saturated carbocycles. The number of rotatable bonds is 5. The van der Waals surface area contributed by atoms with Crippen LogP contribution in [0.15, 0.2) is 47.3 Å². The molecule has 0 bridgehead atoms. The number of hydrogen-bond donors (Lipinski definition) is 2. The molecule has 5 nitrogen and oxygen atoms in total. The van der Waals surface area contributed by atoms with Gasteiger partial charge in [-0.25, -0.2) is 0 Å². The normalized spacial score (nSPS) is 10.6. The highest BCUT2D eigenvalue weighted by Gasteiger charge is 2.10. The summed E-state index contributed by atoms with van der Waals surface area (Å²) in [7, 11) is 3.85. The van der Waals surface area contributed by atoms with Gasteiger partial charge in [0.15, 0.2) is 0 Å². The van der Waals surface area contributed by atoms with Crippen molar-refractivity contribution in [2.75, 3.05) is 27.2 Å². The molecule has 0 spiro atoms. The summed E-state index contributed by atoms with van der Waals surface area (Å²) in [5.74, 6) is -0.349. The summed E-state index contributed by atoms with van der Waals surface area (Å²) in [6.07, 6.45) is 0. The molecule has 2 aromatic rings. The van der Waals surface area contributed by atoms with Crippen molar-refractivity contribution in [1.29, 1.82) is 0 Å². The van der Waals surface area contributed by atoms with Crippen LogP contribution < -0.4 is 10.9 Å². The summed E-state index contributed by atoms with van der Waals surface area (Å²) in [6.45, 7) is 1.23. The van der Waals surface area contributed by atoms with Crippen LogP contribution in [0.3, 0.4) is 0 Å². The van der Waals surface area contributed by atoms with Gasteiger partial charge in [0, 0.05) is 18.8 Å². The van der Waals surface area contributed by atoms with E-state index in [0.29, 0.717) is 12.2 Å². The second kappa shape index (κ2) is 6.85. The maximum atomic E-state index is 12.0. The standard InChI is InChI=1S/C16H19N3O2/c1-19(2)11-10-17-15(20)13-8-9-14(18-16(13)21)12-6-4-3-5-7-12/h3-9H,10-11H2,1-2H3,(H,17,20)(H,18,21). The first-order chi connectivity index (χ1) is 10.1. The van der Waals surface area contributed by atoms with Gasteiger partial charge in [-0.05, 0) is 31.8 Å². The number of pyridine rings is 1. The molecule has 1 amide bonds. The van der Waals surface area contributed by atoms with Crippen molar-refractivity contribution in [1.82, 2.24) is 15.2 Å². The van der Waals surface area contributed by atoms with Crippen molar-refractivity contribution >= 4 is 5.91 Å². The lowest BCUT2D eigenvalue weighted by molar-refractivity contribution is 0.0949. The zero-order valence-electron chi connectivity index (χ0n) is 12.2. The van der Waals surface area contributed by atoms with Gasteiger partial charge in [0.1, 0.15) is 5.56 Å². The lowest BCUT2D eigenvalue weighted by atomic mass is 10.1. The van der Waals surface area contributed by atoms with Crippen LogP contribution in [0.4, 0.5) is 0 Å². The number of H-pyrrole nitrogens is 1. The monoisotopic (exact) mass is 285 g/mol. The summed E-state index contributed by atoms with van der Waals surface area (Å²) in [5, 5.41) is 2.73. The minimum absolute atomic E-state index is 0.133. The van der Waals surface area contributed by atoms with E-state index in [1.165, 1.54) is 0 Å². The van der Waals surface area contributed by atoms with Crippen LogP contribution in [-0.2, 0) is 0 Å². The Kier molecular flexibility index (Phi) is 4.90. The number of carbonyl (C=O) groups excluding carboxylic acids is 1. The Labute approximate surface area is 123 Å². The Hall–Kier alpha value is -2.40. The number of hydrogen-bond acceptors (Lipinski definition) is 3. The molecule has 0 aliphatic carbocycles. The summed E-state index contributed by atoms with van der Waals surface area (Å²) >= 11 is 0. The van der Waals surface area contributed by atoms with Crippen molar-refractivity contribution in [3.63, 3.8) is 0 Å². The van der Waals surface area contributed by atoms with E-state index < -0.39 is 0 Å². The molecule has 0 atom stereocenters. The number of nitrogens with zero attached hydrogens (tertiary/aromatic N) is 1. The van der Waals surface area contributed by atoms with E-state index in [0.717, 1.165) is 12.1 Å². The average molecular weight is 285 g/mol. The van der Waals surface area contributed by atoms with E-state index in [-0.39, 0.29) is 17.0 Å². The van der Waals surface area contributed by atoms with E-state index in [1.807, 2.05) is 49.3 Å². The second-order valence-corrected chi connectivity index (χ2v) is 5.04. The predicted molar refractivity (Wildman–Crippen MR) is 83.4 cm³/mol. The third kappa shape index (κ3) is 4.03. The molecule has 5 heteroatoms. The van der Waals surface area contributed by atoms with Gasteiger partial charge in [-0.1, -0.05) is 30.3 Å². The van der Waals surface area contributed by atoms with Gasteiger partial charge in [-0.2, -0.15) is 0 Å². The average Bonchev–Trinajstić information content (AvgIpc) is 2.47. The highest BCUT2D eigenvalue weighted by Crippen LogP contribution is 2.14. The highest BCUT2D eigenvalue weighted by molar-refractivity contribution is 5.94. The number of benzene rings is 1. The van der Waals surface area contributed by atoms with Crippen molar-refractivity contribution in [2.45, 2.75) is 0 Å². The Morgan fingerprint density at radius 3 is 2.48 bits per heavy atom. The van der Waals surface area contributed by atoms with Crippen LogP contribution in [-0.4, -0.2) is 43.0 Å². The second-order valence-electron chi connectivity index (χ2n) is 5.04. The Morgan fingerprint density at radius 1 is 1.14 bits per heavy atom. The molecule has 0 aliphatic heterocycles. The Bertz CT molecular complexity index is 663. The first-order valence-electron chi connectivity index (χ1n) is 6.79. The number of aromatic nitrogens is 1. The van der Waals surface area contributed by atoms with Gasteiger partial charge >= 0.3 is 0 Å². The molecule has 2 N–H and O–H groups in total. The topological polar surface area (TPSA) is 65.2 Å². The van der Waals surface area contributed by atoms with Crippen LogP contribution in [0.5, 0.6) is 0 Å². The fourth-order valence-corrected chi connectivity index (χ4v) is 1.93. The molecule has 0 unspecified atom stereocenters. The maximum absolute atomic E-state index is 12.0. The van der Waals surface area contributed by atoms with Crippen LogP contribution >= 0.6 is 0 Å². The van der Waals surface area contributed by atoms with E-state index in [4.69, 9.17) is 0 Å². The van der Waals surface area contributed by atoms with Gasteiger partial charge in [0.05, 0.1) is 0 Å². The minimum atomic E-state index is -0.376. The zero-order chi connectivity index (χ0) is 15.2. The van der Waals surface area contributed by atoms with Crippen molar-refractivity contribution in [3.8, 4) is 11.3 Å². The first-order valence-corrected chi connectivity index (χ1v) is 6.79. The highest BCUT2D eigenvalue weighted by atomic mass is 16.2. The molecular weight excluding hydrogens is 266 g/mol. The van der Waals surface area contributed by atoms with Gasteiger partial charge in [0.25, 0.3) is 11.5 Å². The van der Waals surface area contributed by atoms with Gasteiger partial charge < -0.3 is 15.2 Å². The SMILES string of the molecule is CN(C)CCNC(=O)c1ccc(-c2ccccc2)[nH]c1=O. The molecule has 1 heterocycles. The summed E-state index contributed by atoms with van der Waals surface area (Å²) in [6, 6.07) is 12.8. The Balaban J connectivity index is 2.13. The molecule has 0 fully saturated rings. The Morgan fingerprint density at radius 2 is 1.86 bits per heavy atom. The quantitative estimate of drug-likeness (QED) is 0.871. The molecule has 1 aromatic carbocycles. The molecular formula is C16H19N3O2. The summed E-state index contributed by atoms with van der Waals surface area (Å²) < 4.78 is 0. The van der Waals surface area contributed by atoms with Gasteiger partial charge in [0.2, 0.25) is 0 Å². The van der Waals surface area contributed by atoms with Gasteiger partial charge in [-0.3, -0.25) is 9.59 Å². The van der Waals surface area contributed by atoms with Crippen molar-refractivity contribution < 1.29 is 4.79 Å². The molecule has 21 heavy (non-hydrogen) atoms. The van der Waals surface area contributed by atoms with E-state index >= 15 is 0 Å². The third-order valence-corrected chi connectivity index (χ3v) is 3.08. The smallest absolute Gasteiger partial charge is 0.261 e. The van der Waals surface area contributed by atoms with Crippen LogP contribution in [0.2, 0.25) is 0 Å². The number of aromatic amines is 1. The molecule has 110 valence electrons. The molecule has 1 aromatic heterocycles. The third-order valence-electron chi connectivity index (χ3n) is 3.08. The predicted octanol–water partition coefficient (Wildman–Crippen LogP) is 1.33. The van der Waals surface area contributed by atoms with Crippen LogP contribution in [0.1, 0.15) is 10.4 Å². The summed E-state index contributed by atoms with van der Waals surface area (Å²) in [4.78, 5) is 28.7.